The van der Waals surface area contributed by atoms with Gasteiger partial charge in [0, 0.05) is 29.2 Å². The third-order valence-electron chi connectivity index (χ3n) is 4.14. The first-order valence-corrected chi connectivity index (χ1v) is 7.78. The number of carbonyl (C=O) groups is 1. The Labute approximate surface area is 124 Å². The van der Waals surface area contributed by atoms with E-state index >= 15 is 0 Å². The number of esters is 1. The van der Waals surface area contributed by atoms with Crippen molar-refractivity contribution in [3.8, 4) is 0 Å². The number of hydrogen-bond acceptors (Lipinski definition) is 3. The predicted octanol–water partition coefficient (Wildman–Crippen LogP) is 3.09. The number of hydrogen-bond donors (Lipinski definition) is 2. The lowest BCUT2D eigenvalue weighted by Crippen LogP contribution is -2.27. The van der Waals surface area contributed by atoms with Gasteiger partial charge in [0.05, 0.1) is 13.0 Å². The molecule has 1 atom stereocenters. The molecule has 2 aromatic rings. The van der Waals surface area contributed by atoms with E-state index < -0.39 is 0 Å². The second-order valence-corrected chi connectivity index (χ2v) is 5.52. The number of ether oxygens (including phenoxy) is 1. The molecule has 0 saturated heterocycles. The molecule has 0 bridgehead atoms. The lowest BCUT2D eigenvalue weighted by molar-refractivity contribution is -0.143. The molecule has 1 aliphatic rings. The highest BCUT2D eigenvalue weighted by Crippen LogP contribution is 2.34. The van der Waals surface area contributed by atoms with Crippen molar-refractivity contribution in [2.45, 2.75) is 38.6 Å². The van der Waals surface area contributed by atoms with Gasteiger partial charge in [0.15, 0.2) is 0 Å². The van der Waals surface area contributed by atoms with Crippen LogP contribution in [0.25, 0.3) is 10.9 Å². The maximum absolute atomic E-state index is 11.4. The topological polar surface area (TPSA) is 54.1 Å². The molecule has 4 nitrogen and oxygen atoms in total. The van der Waals surface area contributed by atoms with Crippen molar-refractivity contribution in [1.29, 1.82) is 0 Å². The molecule has 4 heteroatoms. The van der Waals surface area contributed by atoms with E-state index in [1.807, 2.05) is 6.92 Å². The molecule has 3 rings (SSSR count). The van der Waals surface area contributed by atoms with Crippen LogP contribution in [0, 0.1) is 0 Å². The molecule has 1 unspecified atom stereocenters. The molecule has 0 radical (unpaired) electrons. The summed E-state index contributed by atoms with van der Waals surface area (Å²) in [4.78, 5) is 15.0. The van der Waals surface area contributed by atoms with Gasteiger partial charge in [0.2, 0.25) is 0 Å². The van der Waals surface area contributed by atoms with E-state index in [0.29, 0.717) is 25.6 Å². The zero-order valence-electron chi connectivity index (χ0n) is 12.4. The highest BCUT2D eigenvalue weighted by atomic mass is 16.5. The van der Waals surface area contributed by atoms with Crippen LogP contribution >= 0.6 is 0 Å². The third kappa shape index (κ3) is 2.95. The summed E-state index contributed by atoms with van der Waals surface area (Å²) < 4.78 is 4.96. The summed E-state index contributed by atoms with van der Waals surface area (Å²) in [6.07, 6.45) is 3.86. The van der Waals surface area contributed by atoms with Crippen LogP contribution in [-0.4, -0.2) is 24.1 Å². The Hall–Kier alpha value is -1.81. The summed E-state index contributed by atoms with van der Waals surface area (Å²) in [6, 6.07) is 8.78. The molecule has 1 aromatic carbocycles. The molecule has 0 aliphatic heterocycles. The van der Waals surface area contributed by atoms with Crippen molar-refractivity contribution >= 4 is 16.9 Å². The smallest absolute Gasteiger partial charge is 0.307 e. The standard InChI is InChI=1S/C17H22N2O2/c1-2-21-16(20)10-11-18-15-9-5-7-13-12-6-3-4-8-14(12)19-17(13)15/h3-4,6,8,15,18-19H,2,5,7,9-11H2,1H3. The van der Waals surface area contributed by atoms with Crippen molar-refractivity contribution in [3.05, 3.63) is 35.5 Å². The van der Waals surface area contributed by atoms with Crippen LogP contribution in [0.5, 0.6) is 0 Å². The van der Waals surface area contributed by atoms with Crippen LogP contribution in [-0.2, 0) is 16.0 Å². The number of nitrogens with one attached hydrogen (secondary N) is 2. The van der Waals surface area contributed by atoms with Gasteiger partial charge in [-0.2, -0.15) is 0 Å². The summed E-state index contributed by atoms with van der Waals surface area (Å²) in [6.45, 7) is 2.95. The fraction of sp³-hybridized carbons (Fsp3) is 0.471. The molecule has 0 amide bonds. The Morgan fingerprint density at radius 1 is 1.43 bits per heavy atom. The van der Waals surface area contributed by atoms with Gasteiger partial charge in [-0.25, -0.2) is 0 Å². The van der Waals surface area contributed by atoms with Crippen molar-refractivity contribution in [1.82, 2.24) is 10.3 Å². The lowest BCUT2D eigenvalue weighted by atomic mass is 9.91. The Bertz CT molecular complexity index is 633. The molecule has 0 fully saturated rings. The van der Waals surface area contributed by atoms with Crippen LogP contribution in [0.4, 0.5) is 0 Å². The number of para-hydroxylation sites is 1. The van der Waals surface area contributed by atoms with E-state index in [1.54, 1.807) is 0 Å². The number of aromatic amines is 1. The number of rotatable bonds is 5. The zero-order chi connectivity index (χ0) is 14.7. The van der Waals surface area contributed by atoms with Gasteiger partial charge >= 0.3 is 5.97 Å². The summed E-state index contributed by atoms with van der Waals surface area (Å²) >= 11 is 0. The number of aromatic nitrogens is 1. The van der Waals surface area contributed by atoms with E-state index in [0.717, 1.165) is 12.8 Å². The molecule has 1 aromatic heterocycles. The molecule has 1 aliphatic carbocycles. The van der Waals surface area contributed by atoms with Gasteiger partial charge in [-0.3, -0.25) is 4.79 Å². The minimum Gasteiger partial charge on any atom is -0.466 e. The van der Waals surface area contributed by atoms with Crippen molar-refractivity contribution < 1.29 is 9.53 Å². The Morgan fingerprint density at radius 2 is 2.29 bits per heavy atom. The molecule has 0 saturated carbocycles. The van der Waals surface area contributed by atoms with Gasteiger partial charge in [-0.15, -0.1) is 0 Å². The van der Waals surface area contributed by atoms with E-state index in [1.165, 1.54) is 28.6 Å². The Morgan fingerprint density at radius 3 is 3.14 bits per heavy atom. The van der Waals surface area contributed by atoms with Gasteiger partial charge in [-0.1, -0.05) is 18.2 Å². The number of benzene rings is 1. The van der Waals surface area contributed by atoms with Crippen molar-refractivity contribution in [2.75, 3.05) is 13.2 Å². The minimum atomic E-state index is -0.127. The van der Waals surface area contributed by atoms with Crippen LogP contribution in [0.15, 0.2) is 24.3 Å². The van der Waals surface area contributed by atoms with Gasteiger partial charge in [0.1, 0.15) is 0 Å². The highest BCUT2D eigenvalue weighted by molar-refractivity contribution is 5.85. The third-order valence-corrected chi connectivity index (χ3v) is 4.14. The molecule has 2 N–H and O–H groups in total. The number of fused-ring (bicyclic) bond motifs is 3. The molecular weight excluding hydrogens is 264 g/mol. The fourth-order valence-corrected chi connectivity index (χ4v) is 3.20. The summed E-state index contributed by atoms with van der Waals surface area (Å²) in [7, 11) is 0. The number of H-pyrrole nitrogens is 1. The molecule has 112 valence electrons. The van der Waals surface area contributed by atoms with E-state index in [-0.39, 0.29) is 5.97 Å². The molecular formula is C17H22N2O2. The monoisotopic (exact) mass is 286 g/mol. The Balaban J connectivity index is 1.70. The number of aryl methyl sites for hydroxylation is 1. The molecule has 0 spiro atoms. The summed E-state index contributed by atoms with van der Waals surface area (Å²) in [5.41, 5.74) is 3.94. The van der Waals surface area contributed by atoms with Crippen LogP contribution in [0.1, 0.15) is 43.5 Å². The highest BCUT2D eigenvalue weighted by Gasteiger charge is 2.23. The molecule has 1 heterocycles. The second kappa shape index (κ2) is 6.31. The van der Waals surface area contributed by atoms with Crippen LogP contribution in [0.3, 0.4) is 0 Å². The van der Waals surface area contributed by atoms with Crippen molar-refractivity contribution in [3.63, 3.8) is 0 Å². The summed E-state index contributed by atoms with van der Waals surface area (Å²) in [5, 5.41) is 4.83. The normalized spacial score (nSPS) is 17.7. The van der Waals surface area contributed by atoms with E-state index in [9.17, 15) is 4.79 Å². The number of carbonyl (C=O) groups excluding carboxylic acids is 1. The first kappa shape index (κ1) is 14.1. The van der Waals surface area contributed by atoms with E-state index in [4.69, 9.17) is 4.74 Å². The lowest BCUT2D eigenvalue weighted by Gasteiger charge is -2.23. The maximum atomic E-state index is 11.4. The predicted molar refractivity (Wildman–Crippen MR) is 83.2 cm³/mol. The summed E-state index contributed by atoms with van der Waals surface area (Å²) in [5.74, 6) is -0.127. The fourth-order valence-electron chi connectivity index (χ4n) is 3.20. The zero-order valence-corrected chi connectivity index (χ0v) is 12.4. The van der Waals surface area contributed by atoms with Gasteiger partial charge in [-0.05, 0) is 37.8 Å². The van der Waals surface area contributed by atoms with E-state index in [2.05, 4.69) is 34.6 Å². The second-order valence-electron chi connectivity index (χ2n) is 5.52. The first-order valence-electron chi connectivity index (χ1n) is 7.78. The van der Waals surface area contributed by atoms with Crippen LogP contribution in [0.2, 0.25) is 0 Å². The minimum absolute atomic E-state index is 0.127. The Kier molecular flexibility index (Phi) is 4.25. The largest absolute Gasteiger partial charge is 0.466 e. The first-order chi connectivity index (χ1) is 10.3. The van der Waals surface area contributed by atoms with Gasteiger partial charge < -0.3 is 15.0 Å². The van der Waals surface area contributed by atoms with Crippen molar-refractivity contribution in [2.24, 2.45) is 0 Å². The average molecular weight is 286 g/mol. The SMILES string of the molecule is CCOC(=O)CCNC1CCCc2c1[nH]c1ccccc21. The average Bonchev–Trinajstić information content (AvgIpc) is 2.87. The van der Waals surface area contributed by atoms with Gasteiger partial charge in [0.25, 0.3) is 0 Å². The quantitative estimate of drug-likeness (QED) is 0.830. The van der Waals surface area contributed by atoms with Crippen LogP contribution < -0.4 is 5.32 Å². The molecule has 21 heavy (non-hydrogen) atoms. The maximum Gasteiger partial charge on any atom is 0.307 e.